The summed E-state index contributed by atoms with van der Waals surface area (Å²) >= 11 is 3.16. The molecule has 1 rings (SSSR count). The van der Waals surface area contributed by atoms with Crippen LogP contribution in [0.3, 0.4) is 0 Å². The van der Waals surface area contributed by atoms with Crippen LogP contribution >= 0.6 is 15.9 Å². The molecule has 16 heavy (non-hydrogen) atoms. The lowest BCUT2D eigenvalue weighted by molar-refractivity contribution is -0.138. The summed E-state index contributed by atoms with van der Waals surface area (Å²) in [6, 6.07) is 0. The highest BCUT2D eigenvalue weighted by molar-refractivity contribution is 9.10. The topological polar surface area (TPSA) is 73.2 Å². The Hall–Kier alpha value is -1.37. The van der Waals surface area contributed by atoms with Gasteiger partial charge in [-0.25, -0.2) is 4.68 Å². The van der Waals surface area contributed by atoms with E-state index in [-0.39, 0.29) is 12.1 Å². The van der Waals surface area contributed by atoms with Gasteiger partial charge in [0.25, 0.3) is 5.56 Å². The van der Waals surface area contributed by atoms with Crippen LogP contribution in [0, 0.1) is 0 Å². The number of methoxy groups -OCH3 is 1. The highest BCUT2D eigenvalue weighted by atomic mass is 79.9. The van der Waals surface area contributed by atoms with Gasteiger partial charge in [0.15, 0.2) is 0 Å². The molecular weight excluding hydrogens is 278 g/mol. The lowest BCUT2D eigenvalue weighted by atomic mass is 10.4. The maximum absolute atomic E-state index is 11.6. The summed E-state index contributed by atoms with van der Waals surface area (Å²) in [6.45, 7) is 2.31. The molecule has 0 saturated heterocycles. The Bertz CT molecular complexity index is 444. The first kappa shape index (κ1) is 12.7. The number of carbonyl (C=O) groups is 1. The van der Waals surface area contributed by atoms with Crippen LogP contribution in [0.15, 0.2) is 15.5 Å². The predicted octanol–water partition coefficient (Wildman–Crippen LogP) is 0.611. The fourth-order valence-corrected chi connectivity index (χ4v) is 1.50. The van der Waals surface area contributed by atoms with E-state index < -0.39 is 5.97 Å². The van der Waals surface area contributed by atoms with Crippen LogP contribution in [0.5, 0.6) is 0 Å². The second-order valence-corrected chi connectivity index (χ2v) is 3.72. The fourth-order valence-electron chi connectivity index (χ4n) is 1.05. The van der Waals surface area contributed by atoms with Gasteiger partial charge in [0, 0.05) is 6.54 Å². The first-order chi connectivity index (χ1) is 7.60. The molecular formula is C9H12BrN3O3. The molecule has 0 fully saturated rings. The minimum atomic E-state index is -0.411. The largest absolute Gasteiger partial charge is 0.468 e. The molecule has 88 valence electrons. The summed E-state index contributed by atoms with van der Waals surface area (Å²) in [5.41, 5.74) is 0.234. The Kier molecular flexibility index (Phi) is 4.48. The smallest absolute Gasteiger partial charge is 0.325 e. The summed E-state index contributed by atoms with van der Waals surface area (Å²) in [6.07, 6.45) is 1.48. The predicted molar refractivity (Wildman–Crippen MR) is 62.4 cm³/mol. The van der Waals surface area contributed by atoms with E-state index in [1.807, 2.05) is 6.92 Å². The van der Waals surface area contributed by atoms with Crippen LogP contribution in [-0.4, -0.2) is 29.4 Å². The van der Waals surface area contributed by atoms with Crippen molar-refractivity contribution in [2.45, 2.75) is 13.5 Å². The van der Waals surface area contributed by atoms with Crippen molar-refractivity contribution in [3.05, 3.63) is 21.0 Å². The zero-order chi connectivity index (χ0) is 12.1. The van der Waals surface area contributed by atoms with Crippen LogP contribution in [0.2, 0.25) is 0 Å². The van der Waals surface area contributed by atoms with E-state index in [1.165, 1.54) is 18.0 Å². The second kappa shape index (κ2) is 5.64. The monoisotopic (exact) mass is 289 g/mol. The fraction of sp³-hybridized carbons (Fsp3) is 0.444. The van der Waals surface area contributed by atoms with Crippen LogP contribution in [0.1, 0.15) is 6.92 Å². The Morgan fingerprint density at radius 3 is 2.94 bits per heavy atom. The van der Waals surface area contributed by atoms with Crippen molar-refractivity contribution >= 4 is 27.6 Å². The number of halogens is 1. The van der Waals surface area contributed by atoms with Gasteiger partial charge >= 0.3 is 5.97 Å². The Balaban J connectivity index is 2.87. The SMILES string of the molecule is CCn1ncc(NCC(=O)OC)c(Br)c1=O. The average Bonchev–Trinajstić information content (AvgIpc) is 2.30. The summed E-state index contributed by atoms with van der Waals surface area (Å²) in [4.78, 5) is 22.5. The number of ether oxygens (including phenoxy) is 1. The number of esters is 1. The van der Waals surface area contributed by atoms with Gasteiger partial charge in [-0.2, -0.15) is 5.10 Å². The molecule has 0 aliphatic rings. The third kappa shape index (κ3) is 2.82. The van der Waals surface area contributed by atoms with Gasteiger partial charge in [-0.15, -0.1) is 0 Å². The minimum absolute atomic E-state index is 0.00758. The molecule has 1 aromatic heterocycles. The summed E-state index contributed by atoms with van der Waals surface area (Å²) in [5, 5.41) is 6.68. The van der Waals surface area contributed by atoms with E-state index in [2.05, 4.69) is 31.1 Å². The van der Waals surface area contributed by atoms with E-state index in [1.54, 1.807) is 0 Å². The van der Waals surface area contributed by atoms with Crippen LogP contribution < -0.4 is 10.9 Å². The first-order valence-electron chi connectivity index (χ1n) is 4.66. The Morgan fingerprint density at radius 1 is 1.69 bits per heavy atom. The molecule has 7 heteroatoms. The highest BCUT2D eigenvalue weighted by Crippen LogP contribution is 2.15. The summed E-state index contributed by atoms with van der Waals surface area (Å²) < 4.78 is 6.13. The highest BCUT2D eigenvalue weighted by Gasteiger charge is 2.08. The summed E-state index contributed by atoms with van der Waals surface area (Å²) in [5.74, 6) is -0.411. The van der Waals surface area contributed by atoms with Crippen LogP contribution in [-0.2, 0) is 16.1 Å². The lowest BCUT2D eigenvalue weighted by Crippen LogP contribution is -2.24. The van der Waals surface area contributed by atoms with Gasteiger partial charge in [0.2, 0.25) is 0 Å². The van der Waals surface area contributed by atoms with E-state index in [0.29, 0.717) is 16.7 Å². The molecule has 0 unspecified atom stereocenters. The number of aryl methyl sites for hydroxylation is 1. The molecule has 1 aromatic rings. The maximum atomic E-state index is 11.6. The molecule has 0 amide bonds. The number of hydrogen-bond acceptors (Lipinski definition) is 5. The van der Waals surface area contributed by atoms with Crippen LogP contribution in [0.25, 0.3) is 0 Å². The van der Waals surface area contributed by atoms with Crippen molar-refractivity contribution in [3.63, 3.8) is 0 Å². The van der Waals surface area contributed by atoms with Gasteiger partial charge in [-0.1, -0.05) is 0 Å². The maximum Gasteiger partial charge on any atom is 0.325 e. The molecule has 1 N–H and O–H groups in total. The third-order valence-electron chi connectivity index (χ3n) is 1.94. The number of nitrogens with one attached hydrogen (secondary N) is 1. The molecule has 0 atom stereocenters. The molecule has 0 saturated carbocycles. The second-order valence-electron chi connectivity index (χ2n) is 2.92. The molecule has 0 bridgehead atoms. The average molecular weight is 290 g/mol. The number of nitrogens with zero attached hydrogens (tertiary/aromatic N) is 2. The third-order valence-corrected chi connectivity index (χ3v) is 2.70. The number of anilines is 1. The Labute approximate surface area is 101 Å². The van der Waals surface area contributed by atoms with Gasteiger partial charge in [0.1, 0.15) is 11.0 Å². The van der Waals surface area contributed by atoms with Gasteiger partial charge in [-0.05, 0) is 22.9 Å². The van der Waals surface area contributed by atoms with Gasteiger partial charge < -0.3 is 10.1 Å². The zero-order valence-electron chi connectivity index (χ0n) is 8.99. The first-order valence-corrected chi connectivity index (χ1v) is 5.45. The van der Waals surface area contributed by atoms with E-state index in [9.17, 15) is 9.59 Å². The quantitative estimate of drug-likeness (QED) is 0.823. The molecule has 0 aliphatic heterocycles. The molecule has 0 aliphatic carbocycles. The molecule has 0 spiro atoms. The number of rotatable bonds is 4. The van der Waals surface area contributed by atoms with Crippen molar-refractivity contribution in [1.82, 2.24) is 9.78 Å². The molecule has 0 radical (unpaired) electrons. The van der Waals surface area contributed by atoms with Crippen LogP contribution in [0.4, 0.5) is 5.69 Å². The van der Waals surface area contributed by atoms with Gasteiger partial charge in [0.05, 0.1) is 19.0 Å². The normalized spacial score (nSPS) is 9.94. The molecule has 1 heterocycles. The lowest BCUT2D eigenvalue weighted by Gasteiger charge is -2.08. The van der Waals surface area contributed by atoms with E-state index in [4.69, 9.17) is 0 Å². The minimum Gasteiger partial charge on any atom is -0.468 e. The zero-order valence-corrected chi connectivity index (χ0v) is 10.6. The molecule has 6 nitrogen and oxygen atoms in total. The van der Waals surface area contributed by atoms with Crippen molar-refractivity contribution in [2.75, 3.05) is 19.0 Å². The number of carbonyl (C=O) groups excluding carboxylic acids is 1. The van der Waals surface area contributed by atoms with Crippen molar-refractivity contribution in [1.29, 1.82) is 0 Å². The van der Waals surface area contributed by atoms with Crippen molar-refractivity contribution < 1.29 is 9.53 Å². The van der Waals surface area contributed by atoms with Crippen molar-refractivity contribution in [2.24, 2.45) is 0 Å². The Morgan fingerprint density at radius 2 is 2.38 bits per heavy atom. The molecule has 0 aromatic carbocycles. The van der Waals surface area contributed by atoms with E-state index in [0.717, 1.165) is 0 Å². The van der Waals surface area contributed by atoms with Gasteiger partial charge in [-0.3, -0.25) is 9.59 Å². The number of aromatic nitrogens is 2. The standard InChI is InChI=1S/C9H12BrN3O3/c1-3-13-9(15)8(10)6(4-12-13)11-5-7(14)16-2/h4,11H,3,5H2,1-2H3. The van der Waals surface area contributed by atoms with Crippen molar-refractivity contribution in [3.8, 4) is 0 Å². The van der Waals surface area contributed by atoms with E-state index >= 15 is 0 Å². The summed E-state index contributed by atoms with van der Waals surface area (Å²) in [7, 11) is 1.30. The number of hydrogen-bond donors (Lipinski definition) is 1.